The minimum absolute atomic E-state index is 0.120. The van der Waals surface area contributed by atoms with Gasteiger partial charge in [-0.1, -0.05) is 26.8 Å². The Morgan fingerprint density at radius 2 is 2.14 bits per heavy atom. The summed E-state index contributed by atoms with van der Waals surface area (Å²) in [6.45, 7) is 7.35. The number of halogens is 1. The van der Waals surface area contributed by atoms with Crippen molar-refractivity contribution in [1.82, 2.24) is 10.3 Å². The second-order valence-electron chi connectivity index (χ2n) is 5.15. The van der Waals surface area contributed by atoms with E-state index in [1.54, 1.807) is 18.4 Å². The summed E-state index contributed by atoms with van der Waals surface area (Å²) in [5.74, 6) is 1.30. The van der Waals surface area contributed by atoms with Gasteiger partial charge in [-0.2, -0.15) is 0 Å². The van der Waals surface area contributed by atoms with Gasteiger partial charge in [0.25, 0.3) is 0 Å². The lowest BCUT2D eigenvalue weighted by atomic mass is 10.1. The van der Waals surface area contributed by atoms with Crippen molar-refractivity contribution in [3.63, 3.8) is 0 Å². The maximum Gasteiger partial charge on any atom is 0.133 e. The maximum atomic E-state index is 5.30. The summed E-state index contributed by atoms with van der Waals surface area (Å²) in [5, 5.41) is 6.78. The highest BCUT2D eigenvalue weighted by Gasteiger charge is 2.18. The minimum Gasteiger partial charge on any atom is -0.496 e. The molecule has 21 heavy (non-hydrogen) atoms. The van der Waals surface area contributed by atoms with Crippen LogP contribution < -0.4 is 10.1 Å². The quantitative estimate of drug-likeness (QED) is 0.799. The number of ether oxygens (including phenoxy) is 1. The molecular formula is C16H21BrN2OS. The van der Waals surface area contributed by atoms with Crippen LogP contribution in [0.2, 0.25) is 0 Å². The predicted octanol–water partition coefficient (Wildman–Crippen LogP) is 4.74. The third-order valence-corrected chi connectivity index (χ3v) is 4.84. The molecule has 1 aromatic heterocycles. The maximum absolute atomic E-state index is 5.30. The van der Waals surface area contributed by atoms with Gasteiger partial charge in [0, 0.05) is 5.38 Å². The average Bonchev–Trinajstić information content (AvgIpc) is 2.94. The van der Waals surface area contributed by atoms with Gasteiger partial charge >= 0.3 is 0 Å². The number of methoxy groups -OCH3 is 1. The van der Waals surface area contributed by atoms with Crippen LogP contribution in [0.1, 0.15) is 49.0 Å². The molecule has 0 aliphatic carbocycles. The smallest absolute Gasteiger partial charge is 0.133 e. The van der Waals surface area contributed by atoms with E-state index in [-0.39, 0.29) is 6.04 Å². The average molecular weight is 369 g/mol. The third-order valence-electron chi connectivity index (χ3n) is 3.30. The van der Waals surface area contributed by atoms with Crippen LogP contribution in [0, 0.1) is 0 Å². The van der Waals surface area contributed by atoms with E-state index in [1.807, 2.05) is 6.07 Å². The first-order valence-corrected chi connectivity index (χ1v) is 8.76. The molecule has 0 spiro atoms. The number of benzene rings is 1. The number of rotatable bonds is 6. The van der Waals surface area contributed by atoms with Crippen molar-refractivity contribution in [3.05, 3.63) is 44.3 Å². The summed E-state index contributed by atoms with van der Waals surface area (Å²) in [5.41, 5.74) is 2.35. The van der Waals surface area contributed by atoms with E-state index < -0.39 is 0 Å². The highest BCUT2D eigenvalue weighted by atomic mass is 79.9. The summed E-state index contributed by atoms with van der Waals surface area (Å²) < 4.78 is 6.26. The molecule has 0 amide bonds. The van der Waals surface area contributed by atoms with Crippen molar-refractivity contribution >= 4 is 27.3 Å². The van der Waals surface area contributed by atoms with Crippen molar-refractivity contribution in [2.45, 2.75) is 32.7 Å². The normalized spacial score (nSPS) is 12.7. The zero-order valence-electron chi connectivity index (χ0n) is 12.8. The largest absolute Gasteiger partial charge is 0.496 e. The zero-order chi connectivity index (χ0) is 15.4. The minimum atomic E-state index is 0.120. The van der Waals surface area contributed by atoms with E-state index >= 15 is 0 Å². The van der Waals surface area contributed by atoms with Gasteiger partial charge in [0.15, 0.2) is 0 Å². The van der Waals surface area contributed by atoms with E-state index in [4.69, 9.17) is 9.72 Å². The van der Waals surface area contributed by atoms with Crippen LogP contribution in [0.25, 0.3) is 0 Å². The monoisotopic (exact) mass is 368 g/mol. The van der Waals surface area contributed by atoms with Crippen molar-refractivity contribution in [3.8, 4) is 5.75 Å². The lowest BCUT2D eigenvalue weighted by Crippen LogP contribution is -2.22. The molecular weight excluding hydrogens is 348 g/mol. The van der Waals surface area contributed by atoms with Gasteiger partial charge in [0.05, 0.1) is 23.3 Å². The SMILES string of the molecule is CCNC(c1ccc(OC)c(Br)c1)c1nc(C(C)C)cs1. The second-order valence-corrected chi connectivity index (χ2v) is 6.89. The third kappa shape index (κ3) is 3.84. The van der Waals surface area contributed by atoms with Crippen LogP contribution >= 0.6 is 27.3 Å². The summed E-state index contributed by atoms with van der Waals surface area (Å²) in [6, 6.07) is 6.30. The van der Waals surface area contributed by atoms with E-state index in [0.29, 0.717) is 5.92 Å². The first-order valence-electron chi connectivity index (χ1n) is 7.09. The Morgan fingerprint density at radius 3 is 2.67 bits per heavy atom. The van der Waals surface area contributed by atoms with Gasteiger partial charge < -0.3 is 10.1 Å². The van der Waals surface area contributed by atoms with Crippen LogP contribution in [0.15, 0.2) is 28.1 Å². The van der Waals surface area contributed by atoms with Crippen LogP contribution in [-0.2, 0) is 0 Å². The van der Waals surface area contributed by atoms with Gasteiger partial charge in [-0.05, 0) is 46.1 Å². The lowest BCUT2D eigenvalue weighted by Gasteiger charge is -2.17. The fourth-order valence-corrected chi connectivity index (χ4v) is 3.75. The fourth-order valence-electron chi connectivity index (χ4n) is 2.11. The van der Waals surface area contributed by atoms with Crippen LogP contribution in [0.3, 0.4) is 0 Å². The summed E-state index contributed by atoms with van der Waals surface area (Å²) in [4.78, 5) is 4.79. The van der Waals surface area contributed by atoms with Crippen molar-refractivity contribution < 1.29 is 4.74 Å². The fraction of sp³-hybridized carbons (Fsp3) is 0.438. The standard InChI is InChI=1S/C16H21BrN2OS/c1-5-18-15(16-19-13(9-21-16)10(2)3)11-6-7-14(20-4)12(17)8-11/h6-10,15,18H,5H2,1-4H3. The molecule has 114 valence electrons. The summed E-state index contributed by atoms with van der Waals surface area (Å²) >= 11 is 5.27. The first kappa shape index (κ1) is 16.5. The first-order chi connectivity index (χ1) is 10.1. The summed E-state index contributed by atoms with van der Waals surface area (Å²) in [6.07, 6.45) is 0. The van der Waals surface area contributed by atoms with Crippen LogP contribution in [0.4, 0.5) is 0 Å². The van der Waals surface area contributed by atoms with Gasteiger partial charge in [0.2, 0.25) is 0 Å². The molecule has 1 heterocycles. The predicted molar refractivity (Wildman–Crippen MR) is 92.4 cm³/mol. The Hall–Kier alpha value is -0.910. The molecule has 3 nitrogen and oxygen atoms in total. The lowest BCUT2D eigenvalue weighted by molar-refractivity contribution is 0.411. The molecule has 0 aliphatic rings. The number of hydrogen-bond donors (Lipinski definition) is 1. The van der Waals surface area contributed by atoms with Crippen molar-refractivity contribution in [2.24, 2.45) is 0 Å². The number of thiazole rings is 1. The molecule has 0 saturated heterocycles. The van der Waals surface area contributed by atoms with Gasteiger partial charge in [-0.15, -0.1) is 11.3 Å². The Labute approximate surface area is 138 Å². The van der Waals surface area contributed by atoms with Gasteiger partial charge in [-0.25, -0.2) is 4.98 Å². The highest BCUT2D eigenvalue weighted by Crippen LogP contribution is 2.32. The van der Waals surface area contributed by atoms with E-state index in [1.165, 1.54) is 5.56 Å². The number of hydrogen-bond acceptors (Lipinski definition) is 4. The second kappa shape index (κ2) is 7.38. The topological polar surface area (TPSA) is 34.1 Å². The number of nitrogens with one attached hydrogen (secondary N) is 1. The molecule has 5 heteroatoms. The van der Waals surface area contributed by atoms with Gasteiger partial charge in [0.1, 0.15) is 10.8 Å². The molecule has 0 fully saturated rings. The Morgan fingerprint density at radius 1 is 1.38 bits per heavy atom. The number of aromatic nitrogens is 1. The molecule has 1 unspecified atom stereocenters. The molecule has 1 N–H and O–H groups in total. The van der Waals surface area contributed by atoms with E-state index in [0.717, 1.165) is 27.5 Å². The molecule has 1 atom stereocenters. The van der Waals surface area contributed by atoms with Crippen LogP contribution in [0.5, 0.6) is 5.75 Å². The number of nitrogens with zero attached hydrogens (tertiary/aromatic N) is 1. The molecule has 0 aliphatic heterocycles. The Balaban J connectivity index is 2.35. The van der Waals surface area contributed by atoms with E-state index in [2.05, 4.69) is 59.5 Å². The highest BCUT2D eigenvalue weighted by molar-refractivity contribution is 9.10. The van der Waals surface area contributed by atoms with E-state index in [9.17, 15) is 0 Å². The molecule has 0 saturated carbocycles. The molecule has 1 aromatic carbocycles. The molecule has 2 aromatic rings. The molecule has 0 radical (unpaired) electrons. The van der Waals surface area contributed by atoms with Crippen molar-refractivity contribution in [1.29, 1.82) is 0 Å². The van der Waals surface area contributed by atoms with Crippen LogP contribution in [-0.4, -0.2) is 18.6 Å². The Kier molecular flexibility index (Phi) is 5.79. The van der Waals surface area contributed by atoms with Gasteiger partial charge in [-0.3, -0.25) is 0 Å². The zero-order valence-corrected chi connectivity index (χ0v) is 15.2. The molecule has 0 bridgehead atoms. The summed E-state index contributed by atoms with van der Waals surface area (Å²) in [7, 11) is 1.68. The Bertz CT molecular complexity index is 598. The van der Waals surface area contributed by atoms with Crippen molar-refractivity contribution in [2.75, 3.05) is 13.7 Å². The molecule has 2 rings (SSSR count).